The first-order valence-electron chi connectivity index (χ1n) is 8.60. The second kappa shape index (κ2) is 5.60. The van der Waals surface area contributed by atoms with Gasteiger partial charge in [-0.05, 0) is 53.9 Å². The Kier molecular flexibility index (Phi) is 3.22. The number of methoxy groups -OCH3 is 1. The molecule has 2 aliphatic heterocycles. The van der Waals surface area contributed by atoms with Crippen molar-refractivity contribution in [2.45, 2.75) is 6.92 Å². The number of aromatic nitrogens is 1. The summed E-state index contributed by atoms with van der Waals surface area (Å²) in [6.07, 6.45) is 0. The summed E-state index contributed by atoms with van der Waals surface area (Å²) in [5.41, 5.74) is 6.38. The highest BCUT2D eigenvalue weighted by atomic mass is 16.5. The highest BCUT2D eigenvalue weighted by Crippen LogP contribution is 2.40. The van der Waals surface area contributed by atoms with E-state index in [1.807, 2.05) is 24.3 Å². The van der Waals surface area contributed by atoms with Crippen LogP contribution < -0.4 is 4.74 Å². The molecular weight excluding hydrogens is 322 g/mol. The predicted octanol–water partition coefficient (Wildman–Crippen LogP) is 6.07. The summed E-state index contributed by atoms with van der Waals surface area (Å²) in [5.74, 6) is 1.50. The topological polar surface area (TPSA) is 35.3 Å². The van der Waals surface area contributed by atoms with Gasteiger partial charge in [-0.25, -0.2) is 4.98 Å². The standard InChI is InChI=1S/C23H17NO2/c1-14-18-13-17(25-2)9-11-21(18)26-23-22(14)19-12-16(8-10-20(19)24-23)15-6-4-3-5-7-15/h3-13H,1-2H3. The zero-order valence-corrected chi connectivity index (χ0v) is 14.6. The van der Waals surface area contributed by atoms with Gasteiger partial charge in [0.2, 0.25) is 5.89 Å². The van der Waals surface area contributed by atoms with Crippen LogP contribution in [0.1, 0.15) is 5.56 Å². The van der Waals surface area contributed by atoms with Crippen molar-refractivity contribution in [3.05, 3.63) is 72.3 Å². The number of hydrogen-bond acceptors (Lipinski definition) is 3. The fourth-order valence-electron chi connectivity index (χ4n) is 3.62. The van der Waals surface area contributed by atoms with Gasteiger partial charge >= 0.3 is 0 Å². The van der Waals surface area contributed by atoms with Crippen LogP contribution in [0.3, 0.4) is 0 Å². The third-order valence-corrected chi connectivity index (χ3v) is 4.98. The van der Waals surface area contributed by atoms with Crippen molar-refractivity contribution in [1.82, 2.24) is 4.98 Å². The normalized spacial score (nSPS) is 11.5. The quantitative estimate of drug-likeness (QED) is 0.391. The zero-order valence-electron chi connectivity index (χ0n) is 14.6. The first-order valence-corrected chi connectivity index (χ1v) is 8.60. The summed E-state index contributed by atoms with van der Waals surface area (Å²) < 4.78 is 11.5. The van der Waals surface area contributed by atoms with E-state index in [2.05, 4.69) is 49.4 Å². The molecule has 26 heavy (non-hydrogen) atoms. The molecule has 3 aromatic carbocycles. The van der Waals surface area contributed by atoms with E-state index in [1.165, 1.54) is 11.1 Å². The van der Waals surface area contributed by atoms with Gasteiger partial charge in [0.25, 0.3) is 0 Å². The number of rotatable bonds is 2. The molecule has 0 bridgehead atoms. The molecule has 0 atom stereocenters. The fraction of sp³-hybridized carbons (Fsp3) is 0.0870. The Bertz CT molecular complexity index is 1220. The number of ether oxygens (including phenoxy) is 1. The van der Waals surface area contributed by atoms with Gasteiger partial charge in [-0.15, -0.1) is 0 Å². The molecule has 0 N–H and O–H groups in total. The van der Waals surface area contributed by atoms with E-state index in [-0.39, 0.29) is 0 Å². The van der Waals surface area contributed by atoms with E-state index >= 15 is 0 Å². The lowest BCUT2D eigenvalue weighted by Crippen LogP contribution is -1.89. The van der Waals surface area contributed by atoms with E-state index in [1.54, 1.807) is 7.11 Å². The second-order valence-electron chi connectivity index (χ2n) is 6.48. The maximum Gasteiger partial charge on any atom is 0.228 e. The molecular formula is C23H17NO2. The lowest BCUT2D eigenvalue weighted by Gasteiger charge is -2.09. The molecule has 0 radical (unpaired) electrons. The minimum Gasteiger partial charge on any atom is -0.497 e. The third kappa shape index (κ3) is 2.17. The molecule has 3 nitrogen and oxygen atoms in total. The van der Waals surface area contributed by atoms with E-state index in [9.17, 15) is 0 Å². The Balaban J connectivity index is 1.83. The van der Waals surface area contributed by atoms with Gasteiger partial charge in [0.1, 0.15) is 11.3 Å². The van der Waals surface area contributed by atoms with Gasteiger partial charge in [-0.1, -0.05) is 36.4 Å². The summed E-state index contributed by atoms with van der Waals surface area (Å²) in [6, 6.07) is 22.6. The molecule has 2 heterocycles. The van der Waals surface area contributed by atoms with Crippen molar-refractivity contribution in [2.75, 3.05) is 7.11 Å². The van der Waals surface area contributed by atoms with Gasteiger partial charge in [-0.2, -0.15) is 0 Å². The summed E-state index contributed by atoms with van der Waals surface area (Å²) >= 11 is 0. The summed E-state index contributed by atoms with van der Waals surface area (Å²) in [5, 5.41) is 2.17. The first-order chi connectivity index (χ1) is 12.7. The molecule has 3 heteroatoms. The van der Waals surface area contributed by atoms with Crippen LogP contribution in [0.5, 0.6) is 5.75 Å². The number of nitrogens with zero attached hydrogens (tertiary/aromatic N) is 1. The minimum atomic E-state index is 0.681. The van der Waals surface area contributed by atoms with E-state index in [0.29, 0.717) is 5.89 Å². The summed E-state index contributed by atoms with van der Waals surface area (Å²) in [4.78, 5) is 4.71. The van der Waals surface area contributed by atoms with E-state index in [0.717, 1.165) is 38.7 Å². The SMILES string of the molecule is COc1ccc2oc3nc4ccc(-c5ccccc5)cc4c-3c(C)c2c1. The summed E-state index contributed by atoms with van der Waals surface area (Å²) in [6.45, 7) is 2.12. The molecule has 2 aliphatic rings. The van der Waals surface area contributed by atoms with Gasteiger partial charge in [-0.3, -0.25) is 0 Å². The smallest absolute Gasteiger partial charge is 0.228 e. The number of fused-ring (bicyclic) bond motifs is 4. The lowest BCUT2D eigenvalue weighted by molar-refractivity contribution is 0.415. The van der Waals surface area contributed by atoms with Crippen LogP contribution in [-0.2, 0) is 0 Å². The second-order valence-corrected chi connectivity index (χ2v) is 6.48. The van der Waals surface area contributed by atoms with Crippen molar-refractivity contribution in [3.63, 3.8) is 0 Å². The van der Waals surface area contributed by atoms with Crippen LogP contribution in [0, 0.1) is 6.92 Å². The molecule has 0 aliphatic carbocycles. The molecule has 0 fully saturated rings. The third-order valence-electron chi connectivity index (χ3n) is 4.98. The zero-order chi connectivity index (χ0) is 17.7. The summed E-state index contributed by atoms with van der Waals surface area (Å²) in [7, 11) is 1.68. The molecule has 3 aromatic rings. The molecule has 126 valence electrons. The van der Waals surface area contributed by atoms with Gasteiger partial charge in [0, 0.05) is 10.8 Å². The fourth-order valence-corrected chi connectivity index (χ4v) is 3.62. The average molecular weight is 339 g/mol. The number of hydrogen-bond donors (Lipinski definition) is 0. The largest absolute Gasteiger partial charge is 0.497 e. The van der Waals surface area contributed by atoms with E-state index < -0.39 is 0 Å². The van der Waals surface area contributed by atoms with E-state index in [4.69, 9.17) is 14.1 Å². The Morgan fingerprint density at radius 2 is 1.69 bits per heavy atom. The van der Waals surface area contributed by atoms with Crippen LogP contribution in [0.2, 0.25) is 0 Å². The molecule has 0 unspecified atom stereocenters. The average Bonchev–Trinajstić information content (AvgIpc) is 3.06. The molecule has 0 spiro atoms. The Morgan fingerprint density at radius 1 is 0.846 bits per heavy atom. The molecule has 0 aromatic heterocycles. The first kappa shape index (κ1) is 15.0. The Labute approximate surface area is 151 Å². The Hall–Kier alpha value is -3.33. The monoisotopic (exact) mass is 339 g/mol. The minimum absolute atomic E-state index is 0.681. The van der Waals surface area contributed by atoms with Crippen molar-refractivity contribution in [2.24, 2.45) is 0 Å². The van der Waals surface area contributed by atoms with Crippen LogP contribution in [-0.4, -0.2) is 12.1 Å². The highest BCUT2D eigenvalue weighted by Gasteiger charge is 2.20. The van der Waals surface area contributed by atoms with Crippen molar-refractivity contribution in [1.29, 1.82) is 0 Å². The van der Waals surface area contributed by atoms with Crippen molar-refractivity contribution >= 4 is 21.9 Å². The maximum absolute atomic E-state index is 6.09. The Morgan fingerprint density at radius 3 is 2.50 bits per heavy atom. The van der Waals surface area contributed by atoms with Gasteiger partial charge in [0.15, 0.2) is 0 Å². The lowest BCUT2D eigenvalue weighted by atomic mass is 9.99. The van der Waals surface area contributed by atoms with Crippen LogP contribution in [0.15, 0.2) is 71.1 Å². The molecule has 5 rings (SSSR count). The highest BCUT2D eigenvalue weighted by molar-refractivity contribution is 6.03. The molecule has 0 amide bonds. The number of benzene rings is 3. The van der Waals surface area contributed by atoms with Crippen molar-refractivity contribution < 1.29 is 9.15 Å². The van der Waals surface area contributed by atoms with Gasteiger partial charge in [0.05, 0.1) is 18.2 Å². The van der Waals surface area contributed by atoms with Crippen LogP contribution in [0.4, 0.5) is 0 Å². The molecule has 0 saturated carbocycles. The predicted molar refractivity (Wildman–Crippen MR) is 105 cm³/mol. The van der Waals surface area contributed by atoms with Gasteiger partial charge < -0.3 is 9.15 Å². The van der Waals surface area contributed by atoms with Crippen LogP contribution in [0.25, 0.3) is 44.5 Å². The van der Waals surface area contributed by atoms with Crippen molar-refractivity contribution in [3.8, 4) is 28.3 Å². The molecule has 0 saturated heterocycles. The maximum atomic E-state index is 6.09. The number of aryl methyl sites for hydroxylation is 1. The van der Waals surface area contributed by atoms with Crippen LogP contribution >= 0.6 is 0 Å².